The Morgan fingerprint density at radius 3 is 2.39 bits per heavy atom. The lowest BCUT2D eigenvalue weighted by Crippen LogP contribution is -2.05. The van der Waals surface area contributed by atoms with E-state index in [0.717, 1.165) is 32.1 Å². The molecule has 0 aliphatic rings. The Morgan fingerprint density at radius 2 is 1.75 bits per heavy atom. The third kappa shape index (κ3) is 9.97. The van der Waals surface area contributed by atoms with Crippen molar-refractivity contribution in [3.8, 4) is 0 Å². The lowest BCUT2D eigenvalue weighted by atomic mass is 10.0. The maximum Gasteiger partial charge on any atom is 0.337 e. The molecule has 7 heteroatoms. The second kappa shape index (κ2) is 14.5. The van der Waals surface area contributed by atoms with E-state index in [1.807, 2.05) is 0 Å². The number of Topliss-reactive ketones (excluding diaryl/α,β-unsaturated/α-hetero) is 1. The monoisotopic (exact) mass is 389 g/mol. The fourth-order valence-corrected chi connectivity index (χ4v) is 3.08. The number of nitrogens with zero attached hydrogens (tertiary/aromatic N) is 2. The van der Waals surface area contributed by atoms with E-state index in [9.17, 15) is 14.9 Å². The maximum absolute atomic E-state index is 11.9. The topological polar surface area (TPSA) is 110 Å². The first-order chi connectivity index (χ1) is 13.6. The molecule has 1 aromatic rings. The Balaban J connectivity index is 2.19. The Bertz CT molecular complexity index is 670. The molecule has 7 nitrogen and oxygen atoms in total. The number of anilines is 1. The van der Waals surface area contributed by atoms with Gasteiger partial charge >= 0.3 is 6.21 Å². The molecule has 0 amide bonds. The summed E-state index contributed by atoms with van der Waals surface area (Å²) in [6.45, 7) is 2.82. The van der Waals surface area contributed by atoms with Crippen LogP contribution in [-0.2, 0) is 4.79 Å². The van der Waals surface area contributed by atoms with E-state index in [1.54, 1.807) is 12.1 Å². The van der Waals surface area contributed by atoms with Crippen LogP contribution >= 0.6 is 0 Å². The van der Waals surface area contributed by atoms with Crippen molar-refractivity contribution < 1.29 is 14.5 Å². The molecule has 0 unspecified atom stereocenters. The van der Waals surface area contributed by atoms with Crippen molar-refractivity contribution in [3.05, 3.63) is 33.9 Å². The van der Waals surface area contributed by atoms with Crippen molar-refractivity contribution in [2.45, 2.75) is 77.6 Å². The van der Waals surface area contributed by atoms with Crippen LogP contribution < -0.4 is 5.32 Å². The Kier molecular flexibility index (Phi) is 12.2. The molecule has 0 aliphatic heterocycles. The quantitative estimate of drug-likeness (QED) is 0.0964. The molecular weight excluding hydrogens is 356 g/mol. The number of rotatable bonds is 16. The average Bonchev–Trinajstić information content (AvgIpc) is 2.68. The van der Waals surface area contributed by atoms with Gasteiger partial charge in [0.15, 0.2) is 0 Å². The number of benzene rings is 1. The van der Waals surface area contributed by atoms with Gasteiger partial charge in [-0.1, -0.05) is 45.4 Å². The SMILES string of the molecule is CCCCCCCCC(=O)CCCCCNc1ccc(C=[N+]=N)cc1[N+](=O)[O-]. The number of unbranched alkanes of at least 4 members (excludes halogenated alkanes) is 7. The van der Waals surface area contributed by atoms with Gasteiger partial charge in [-0.25, -0.2) is 0 Å². The number of carbonyl (C=O) groups excluding carboxylic acids is 1. The molecule has 0 radical (unpaired) electrons. The minimum atomic E-state index is -0.440. The van der Waals surface area contributed by atoms with E-state index in [-0.39, 0.29) is 5.69 Å². The van der Waals surface area contributed by atoms with E-state index in [2.05, 4.69) is 17.0 Å². The minimum Gasteiger partial charge on any atom is -0.379 e. The normalized spacial score (nSPS) is 10.3. The van der Waals surface area contributed by atoms with Gasteiger partial charge in [-0.3, -0.25) is 14.9 Å². The number of hydrogen-bond acceptors (Lipinski definition) is 5. The van der Waals surface area contributed by atoms with Gasteiger partial charge in [0.1, 0.15) is 11.5 Å². The van der Waals surface area contributed by atoms with Gasteiger partial charge in [0.25, 0.3) is 5.69 Å². The fraction of sp³-hybridized carbons (Fsp3) is 0.619. The number of carbonyl (C=O) groups is 1. The number of nitrogens with one attached hydrogen (secondary N) is 2. The van der Waals surface area contributed by atoms with Crippen LogP contribution in [0.3, 0.4) is 0 Å². The lowest BCUT2D eigenvalue weighted by Gasteiger charge is -2.07. The molecule has 0 fully saturated rings. The first kappa shape index (κ1) is 23.5. The molecule has 1 rings (SSSR count). The largest absolute Gasteiger partial charge is 0.379 e. The number of ketones is 1. The molecule has 0 saturated carbocycles. The summed E-state index contributed by atoms with van der Waals surface area (Å²) in [7, 11) is 0. The number of hydrogen-bond donors (Lipinski definition) is 2. The third-order valence-electron chi connectivity index (χ3n) is 4.69. The highest BCUT2D eigenvalue weighted by Gasteiger charge is 2.15. The molecule has 0 atom stereocenters. The van der Waals surface area contributed by atoms with Gasteiger partial charge in [0.05, 0.1) is 16.0 Å². The highest BCUT2D eigenvalue weighted by atomic mass is 16.6. The molecule has 1 aromatic carbocycles. The molecule has 0 aromatic heterocycles. The second-order valence-corrected chi connectivity index (χ2v) is 7.09. The first-order valence-electron chi connectivity index (χ1n) is 10.3. The summed E-state index contributed by atoms with van der Waals surface area (Å²) in [5.41, 5.74) is 7.77. The molecule has 154 valence electrons. The molecule has 0 aliphatic carbocycles. The summed E-state index contributed by atoms with van der Waals surface area (Å²) in [4.78, 5) is 25.8. The molecule has 28 heavy (non-hydrogen) atoms. The van der Waals surface area contributed by atoms with Crippen LogP contribution in [0.1, 0.15) is 83.1 Å². The minimum absolute atomic E-state index is 0.0217. The van der Waals surface area contributed by atoms with E-state index in [4.69, 9.17) is 5.53 Å². The van der Waals surface area contributed by atoms with Crippen LogP contribution in [0.2, 0.25) is 0 Å². The second-order valence-electron chi connectivity index (χ2n) is 7.09. The molecule has 0 heterocycles. The molecule has 0 saturated heterocycles. The predicted molar refractivity (Wildman–Crippen MR) is 111 cm³/mol. The average molecular weight is 390 g/mol. The third-order valence-corrected chi connectivity index (χ3v) is 4.69. The highest BCUT2D eigenvalue weighted by Crippen LogP contribution is 2.25. The van der Waals surface area contributed by atoms with Crippen LogP contribution in [0.25, 0.3) is 0 Å². The van der Waals surface area contributed by atoms with Gasteiger partial charge in [-0.15, -0.1) is 0 Å². The van der Waals surface area contributed by atoms with Crippen molar-refractivity contribution in [1.29, 1.82) is 5.53 Å². The van der Waals surface area contributed by atoms with E-state index < -0.39 is 4.92 Å². The Morgan fingerprint density at radius 1 is 1.11 bits per heavy atom. The van der Waals surface area contributed by atoms with Crippen LogP contribution in [-0.4, -0.2) is 28.3 Å². The van der Waals surface area contributed by atoms with E-state index in [0.29, 0.717) is 36.4 Å². The van der Waals surface area contributed by atoms with Gasteiger partial charge in [-0.2, -0.15) is 0 Å². The standard InChI is InChI=1S/C21H32N4O3/c1-2-3-4-5-6-8-11-19(26)12-9-7-10-15-23-20-14-13-18(17-24-22)16-21(20)25(27)28/h13-14,16-17,22H,2-12,15H2,1H3/p+1. The summed E-state index contributed by atoms with van der Waals surface area (Å²) < 4.78 is 0. The number of nitro benzene ring substituents is 1. The van der Waals surface area contributed by atoms with Crippen molar-refractivity contribution >= 4 is 23.4 Å². The van der Waals surface area contributed by atoms with E-state index in [1.165, 1.54) is 38.0 Å². The lowest BCUT2D eigenvalue weighted by molar-refractivity contribution is -0.384. The van der Waals surface area contributed by atoms with Crippen molar-refractivity contribution in [3.63, 3.8) is 0 Å². The summed E-state index contributed by atoms with van der Waals surface area (Å²) in [5.74, 6) is 0.353. The van der Waals surface area contributed by atoms with Crippen LogP contribution in [0.5, 0.6) is 0 Å². The molecule has 0 spiro atoms. The highest BCUT2D eigenvalue weighted by molar-refractivity contribution is 5.79. The van der Waals surface area contributed by atoms with Crippen molar-refractivity contribution in [2.75, 3.05) is 11.9 Å². The zero-order valence-corrected chi connectivity index (χ0v) is 16.9. The van der Waals surface area contributed by atoms with Gasteiger partial charge < -0.3 is 5.32 Å². The zero-order valence-electron chi connectivity index (χ0n) is 16.9. The van der Waals surface area contributed by atoms with Gasteiger partial charge in [0, 0.05) is 30.2 Å². The fourth-order valence-electron chi connectivity index (χ4n) is 3.08. The number of nitro groups is 1. The van der Waals surface area contributed by atoms with E-state index >= 15 is 0 Å². The summed E-state index contributed by atoms with van der Waals surface area (Å²) in [6, 6.07) is 4.73. The van der Waals surface area contributed by atoms with Crippen LogP contribution in [0.15, 0.2) is 18.2 Å². The first-order valence-corrected chi connectivity index (χ1v) is 10.3. The van der Waals surface area contributed by atoms with Gasteiger partial charge in [0.2, 0.25) is 0 Å². The smallest absolute Gasteiger partial charge is 0.337 e. The van der Waals surface area contributed by atoms with Crippen LogP contribution in [0.4, 0.5) is 11.4 Å². The van der Waals surface area contributed by atoms with Crippen molar-refractivity contribution in [1.82, 2.24) is 0 Å². The van der Waals surface area contributed by atoms with Crippen molar-refractivity contribution in [2.24, 2.45) is 0 Å². The molecule has 0 bridgehead atoms. The predicted octanol–water partition coefficient (Wildman–Crippen LogP) is 5.54. The molecular formula is C21H33N4O3+. The Hall–Kier alpha value is -2.53. The summed E-state index contributed by atoms with van der Waals surface area (Å²) in [6.07, 6.45) is 12.4. The maximum atomic E-state index is 11.9. The summed E-state index contributed by atoms with van der Waals surface area (Å²) in [5, 5.41) is 14.3. The zero-order chi connectivity index (χ0) is 20.6. The summed E-state index contributed by atoms with van der Waals surface area (Å²) >= 11 is 0. The Labute approximate surface area is 167 Å². The van der Waals surface area contributed by atoms with Gasteiger partial charge in [-0.05, 0) is 31.4 Å². The molecule has 2 N–H and O–H groups in total. The van der Waals surface area contributed by atoms with Crippen LogP contribution in [0, 0.1) is 15.6 Å².